The lowest BCUT2D eigenvalue weighted by molar-refractivity contribution is -0.138. The highest BCUT2D eigenvalue weighted by molar-refractivity contribution is 5.80. The Morgan fingerprint density at radius 3 is 2.68 bits per heavy atom. The van der Waals surface area contributed by atoms with Crippen LogP contribution in [0.5, 0.6) is 5.75 Å². The van der Waals surface area contributed by atoms with Crippen LogP contribution in [0, 0.1) is 0 Å². The van der Waals surface area contributed by atoms with Gasteiger partial charge in [-0.3, -0.25) is 0 Å². The van der Waals surface area contributed by atoms with Gasteiger partial charge in [0, 0.05) is 12.6 Å². The van der Waals surface area contributed by atoms with E-state index in [9.17, 15) is 13.2 Å². The number of halogens is 3. The van der Waals surface area contributed by atoms with E-state index >= 15 is 0 Å². The summed E-state index contributed by atoms with van der Waals surface area (Å²) in [5, 5.41) is 6.32. The van der Waals surface area contributed by atoms with Gasteiger partial charge in [0.1, 0.15) is 12.4 Å². The average Bonchev–Trinajstić information content (AvgIpc) is 3.27. The summed E-state index contributed by atoms with van der Waals surface area (Å²) in [6, 6.07) is 5.66. The van der Waals surface area contributed by atoms with Crippen molar-refractivity contribution in [3.8, 4) is 5.75 Å². The first-order valence-electron chi connectivity index (χ1n) is 7.34. The minimum Gasteiger partial charge on any atom is -0.491 e. The molecule has 122 valence electrons. The first-order valence-corrected chi connectivity index (χ1v) is 7.34. The highest BCUT2D eigenvalue weighted by Crippen LogP contribution is 2.35. The molecule has 0 aromatic heterocycles. The van der Waals surface area contributed by atoms with E-state index in [0.29, 0.717) is 12.0 Å². The van der Waals surface area contributed by atoms with Crippen LogP contribution in [0.1, 0.15) is 25.3 Å². The van der Waals surface area contributed by atoms with Gasteiger partial charge in [0.2, 0.25) is 0 Å². The van der Waals surface area contributed by atoms with Crippen molar-refractivity contribution in [1.29, 1.82) is 0 Å². The number of hydrogen-bond donors (Lipinski definition) is 2. The van der Waals surface area contributed by atoms with E-state index in [2.05, 4.69) is 15.6 Å². The fourth-order valence-corrected chi connectivity index (χ4v) is 1.88. The van der Waals surface area contributed by atoms with Crippen LogP contribution in [0.2, 0.25) is 0 Å². The molecule has 0 amide bonds. The molecule has 1 aliphatic carbocycles. The van der Waals surface area contributed by atoms with Gasteiger partial charge in [0.15, 0.2) is 5.96 Å². The maximum Gasteiger partial charge on any atom is 0.419 e. The lowest BCUT2D eigenvalue weighted by Crippen LogP contribution is -2.38. The maximum absolute atomic E-state index is 12.8. The Bertz CT molecular complexity index is 513. The number of guanidine groups is 1. The number of nitrogens with zero attached hydrogens (tertiary/aromatic N) is 1. The number of ether oxygens (including phenoxy) is 1. The number of alkyl halides is 3. The zero-order valence-electron chi connectivity index (χ0n) is 12.4. The van der Waals surface area contributed by atoms with Crippen molar-refractivity contribution in [3.63, 3.8) is 0 Å². The molecule has 1 aromatic carbocycles. The lowest BCUT2D eigenvalue weighted by Gasteiger charge is -2.13. The van der Waals surface area contributed by atoms with Crippen molar-refractivity contribution >= 4 is 5.96 Å². The van der Waals surface area contributed by atoms with Gasteiger partial charge in [-0.05, 0) is 31.9 Å². The summed E-state index contributed by atoms with van der Waals surface area (Å²) in [4.78, 5) is 4.29. The third kappa shape index (κ3) is 5.13. The van der Waals surface area contributed by atoms with Gasteiger partial charge in [-0.25, -0.2) is 4.99 Å². The number of rotatable bonds is 6. The molecule has 0 spiro atoms. The van der Waals surface area contributed by atoms with Crippen LogP contribution in [-0.2, 0) is 6.18 Å². The third-order valence-electron chi connectivity index (χ3n) is 3.07. The monoisotopic (exact) mass is 315 g/mol. The number of nitrogens with one attached hydrogen (secondary N) is 2. The van der Waals surface area contributed by atoms with E-state index in [-0.39, 0.29) is 18.9 Å². The lowest BCUT2D eigenvalue weighted by atomic mass is 10.2. The number of hydrogen-bond acceptors (Lipinski definition) is 2. The Hall–Kier alpha value is -1.92. The van der Waals surface area contributed by atoms with Crippen molar-refractivity contribution in [2.24, 2.45) is 4.99 Å². The van der Waals surface area contributed by atoms with Crippen LogP contribution >= 0.6 is 0 Å². The van der Waals surface area contributed by atoms with Crippen LogP contribution < -0.4 is 15.4 Å². The minimum atomic E-state index is -4.41. The van der Waals surface area contributed by atoms with Crippen molar-refractivity contribution in [2.45, 2.75) is 32.0 Å². The average molecular weight is 315 g/mol. The van der Waals surface area contributed by atoms with E-state index in [1.165, 1.54) is 18.2 Å². The summed E-state index contributed by atoms with van der Waals surface area (Å²) < 4.78 is 43.7. The molecular weight excluding hydrogens is 295 g/mol. The second kappa shape index (κ2) is 7.38. The number of para-hydroxylation sites is 1. The minimum absolute atomic E-state index is 0.0916. The van der Waals surface area contributed by atoms with Gasteiger partial charge >= 0.3 is 6.18 Å². The smallest absolute Gasteiger partial charge is 0.419 e. The van der Waals surface area contributed by atoms with E-state index in [4.69, 9.17) is 4.74 Å². The first kappa shape index (κ1) is 16.5. The summed E-state index contributed by atoms with van der Waals surface area (Å²) >= 11 is 0. The largest absolute Gasteiger partial charge is 0.491 e. The summed E-state index contributed by atoms with van der Waals surface area (Å²) in [6.45, 7) is 3.07. The van der Waals surface area contributed by atoms with E-state index in [1.54, 1.807) is 0 Å². The molecule has 0 bridgehead atoms. The quantitative estimate of drug-likeness (QED) is 0.482. The van der Waals surface area contributed by atoms with Crippen LogP contribution in [0.4, 0.5) is 13.2 Å². The highest BCUT2D eigenvalue weighted by Gasteiger charge is 2.33. The summed E-state index contributed by atoms with van der Waals surface area (Å²) in [6.07, 6.45) is -2.16. The van der Waals surface area contributed by atoms with Crippen molar-refractivity contribution < 1.29 is 17.9 Å². The summed E-state index contributed by atoms with van der Waals surface area (Å²) in [5.41, 5.74) is -0.762. The van der Waals surface area contributed by atoms with Gasteiger partial charge < -0.3 is 15.4 Å². The van der Waals surface area contributed by atoms with Crippen LogP contribution in [0.3, 0.4) is 0 Å². The van der Waals surface area contributed by atoms with Gasteiger partial charge in [0.05, 0.1) is 12.1 Å². The Kier molecular flexibility index (Phi) is 5.51. The van der Waals surface area contributed by atoms with E-state index in [0.717, 1.165) is 25.5 Å². The zero-order chi connectivity index (χ0) is 16.0. The molecule has 0 aliphatic heterocycles. The molecule has 2 rings (SSSR count). The molecule has 0 unspecified atom stereocenters. The second-order valence-electron chi connectivity index (χ2n) is 5.02. The molecule has 2 N–H and O–H groups in total. The third-order valence-corrected chi connectivity index (χ3v) is 3.07. The molecule has 1 aliphatic rings. The second-order valence-corrected chi connectivity index (χ2v) is 5.02. The molecule has 4 nitrogen and oxygen atoms in total. The van der Waals surface area contributed by atoms with E-state index < -0.39 is 11.7 Å². The van der Waals surface area contributed by atoms with Gasteiger partial charge in [-0.2, -0.15) is 13.2 Å². The summed E-state index contributed by atoms with van der Waals surface area (Å²) in [7, 11) is 0. The van der Waals surface area contributed by atoms with Crippen molar-refractivity contribution in [2.75, 3.05) is 19.7 Å². The fraction of sp³-hybridized carbons (Fsp3) is 0.533. The number of aliphatic imine (C=N–C) groups is 1. The molecule has 0 atom stereocenters. The van der Waals surface area contributed by atoms with Crippen LogP contribution in [-0.4, -0.2) is 31.7 Å². The van der Waals surface area contributed by atoms with Gasteiger partial charge in [0.25, 0.3) is 0 Å². The first-order chi connectivity index (χ1) is 10.5. The topological polar surface area (TPSA) is 45.7 Å². The van der Waals surface area contributed by atoms with Gasteiger partial charge in [-0.15, -0.1) is 0 Å². The van der Waals surface area contributed by atoms with Crippen LogP contribution in [0.15, 0.2) is 29.3 Å². The van der Waals surface area contributed by atoms with Crippen LogP contribution in [0.25, 0.3) is 0 Å². The Morgan fingerprint density at radius 2 is 2.05 bits per heavy atom. The standard InChI is InChI=1S/C15H20F3N3O/c1-2-19-14(21-11-7-8-11)20-9-10-22-13-6-4-3-5-12(13)15(16,17)18/h3-6,11H,2,7-10H2,1H3,(H2,19,20,21). The van der Waals surface area contributed by atoms with Crippen molar-refractivity contribution in [1.82, 2.24) is 10.6 Å². The molecule has 0 heterocycles. The molecule has 1 aromatic rings. The molecule has 0 saturated heterocycles. The SMILES string of the molecule is CCNC(=NCCOc1ccccc1C(F)(F)F)NC1CC1. The molecule has 22 heavy (non-hydrogen) atoms. The van der Waals surface area contributed by atoms with Crippen molar-refractivity contribution in [3.05, 3.63) is 29.8 Å². The molecule has 1 fully saturated rings. The Balaban J connectivity index is 1.87. The fourth-order valence-electron chi connectivity index (χ4n) is 1.88. The van der Waals surface area contributed by atoms with E-state index in [1.807, 2.05) is 6.92 Å². The molecular formula is C15H20F3N3O. The highest BCUT2D eigenvalue weighted by atomic mass is 19.4. The molecule has 0 radical (unpaired) electrons. The molecule has 7 heteroatoms. The maximum atomic E-state index is 12.8. The predicted octanol–water partition coefficient (Wildman–Crippen LogP) is 2.80. The predicted molar refractivity (Wildman–Crippen MR) is 79.1 cm³/mol. The molecule has 1 saturated carbocycles. The summed E-state index contributed by atoms with van der Waals surface area (Å²) in [5.74, 6) is 0.517. The normalized spacial score (nSPS) is 15.5. The Labute approximate surface area is 127 Å². The number of benzene rings is 1. The van der Waals surface area contributed by atoms with Gasteiger partial charge in [-0.1, -0.05) is 12.1 Å². The zero-order valence-corrected chi connectivity index (χ0v) is 12.4. The Morgan fingerprint density at radius 1 is 1.32 bits per heavy atom.